The summed E-state index contributed by atoms with van der Waals surface area (Å²) in [7, 11) is 0. The van der Waals surface area contributed by atoms with Gasteiger partial charge in [-0.3, -0.25) is 14.8 Å². The second-order valence-electron chi connectivity index (χ2n) is 4.69. The highest BCUT2D eigenvalue weighted by molar-refractivity contribution is 5.81. The first-order valence-corrected chi connectivity index (χ1v) is 6.54. The lowest BCUT2D eigenvalue weighted by Gasteiger charge is -2.29. The molecular weight excluding hydrogens is 228 g/mol. The summed E-state index contributed by atoms with van der Waals surface area (Å²) in [6.45, 7) is 4.29. The number of hydrogen-bond donors (Lipinski definition) is 1. The molecule has 2 heterocycles. The van der Waals surface area contributed by atoms with E-state index in [1.165, 1.54) is 6.42 Å². The molecule has 5 heteroatoms. The van der Waals surface area contributed by atoms with Crippen LogP contribution in [-0.4, -0.2) is 39.9 Å². The molecule has 1 atom stereocenters. The van der Waals surface area contributed by atoms with Crippen LogP contribution in [0.4, 0.5) is 0 Å². The number of amides is 1. The van der Waals surface area contributed by atoms with Crippen LogP contribution in [-0.2, 0) is 11.3 Å². The number of carbonyl (C=O) groups excluding carboxylic acids is 1. The quantitative estimate of drug-likeness (QED) is 0.862. The van der Waals surface area contributed by atoms with Gasteiger partial charge in [0.15, 0.2) is 0 Å². The Balaban J connectivity index is 1.80. The fraction of sp³-hybridized carbons (Fsp3) is 0.615. The van der Waals surface area contributed by atoms with E-state index in [0.29, 0.717) is 6.54 Å². The van der Waals surface area contributed by atoms with Crippen LogP contribution in [0.1, 0.15) is 31.9 Å². The molecule has 1 aromatic heterocycles. The van der Waals surface area contributed by atoms with Gasteiger partial charge in [0.25, 0.3) is 0 Å². The standard InChI is InChI=1S/C13H20N4O/c1-11(13(18)17-7-3-2-4-8-17)16-10-12-9-14-5-6-15-12/h5-6,9,11,16H,2-4,7-8,10H2,1H3. The molecule has 2 rings (SSSR count). The first-order valence-electron chi connectivity index (χ1n) is 6.54. The molecule has 0 spiro atoms. The number of piperidine rings is 1. The lowest BCUT2D eigenvalue weighted by molar-refractivity contribution is -0.133. The van der Waals surface area contributed by atoms with E-state index >= 15 is 0 Å². The summed E-state index contributed by atoms with van der Waals surface area (Å²) in [4.78, 5) is 22.3. The summed E-state index contributed by atoms with van der Waals surface area (Å²) in [6.07, 6.45) is 8.52. The summed E-state index contributed by atoms with van der Waals surface area (Å²) < 4.78 is 0. The molecule has 0 aliphatic carbocycles. The molecule has 1 unspecified atom stereocenters. The van der Waals surface area contributed by atoms with Crippen LogP contribution in [0.2, 0.25) is 0 Å². The lowest BCUT2D eigenvalue weighted by Crippen LogP contribution is -2.46. The molecule has 98 valence electrons. The van der Waals surface area contributed by atoms with Gasteiger partial charge >= 0.3 is 0 Å². The highest BCUT2D eigenvalue weighted by atomic mass is 16.2. The van der Waals surface area contributed by atoms with Crippen molar-refractivity contribution in [3.05, 3.63) is 24.3 Å². The molecule has 0 radical (unpaired) electrons. The van der Waals surface area contributed by atoms with E-state index in [0.717, 1.165) is 31.6 Å². The SMILES string of the molecule is CC(NCc1cnccn1)C(=O)N1CCCCC1. The summed E-state index contributed by atoms with van der Waals surface area (Å²) >= 11 is 0. The number of hydrogen-bond acceptors (Lipinski definition) is 4. The number of likely N-dealkylation sites (tertiary alicyclic amines) is 1. The smallest absolute Gasteiger partial charge is 0.239 e. The largest absolute Gasteiger partial charge is 0.341 e. The summed E-state index contributed by atoms with van der Waals surface area (Å²) in [5.41, 5.74) is 0.857. The van der Waals surface area contributed by atoms with Crippen molar-refractivity contribution >= 4 is 5.91 Å². The van der Waals surface area contributed by atoms with Crippen molar-refractivity contribution < 1.29 is 4.79 Å². The Kier molecular flexibility index (Phi) is 4.64. The molecule has 0 aromatic carbocycles. The third-order valence-corrected chi connectivity index (χ3v) is 3.24. The number of nitrogens with zero attached hydrogens (tertiary/aromatic N) is 3. The van der Waals surface area contributed by atoms with Crippen molar-refractivity contribution in [3.8, 4) is 0 Å². The average Bonchev–Trinajstić information content (AvgIpc) is 2.46. The Morgan fingerprint density at radius 3 is 2.83 bits per heavy atom. The average molecular weight is 248 g/mol. The van der Waals surface area contributed by atoms with Crippen molar-refractivity contribution in [2.45, 2.75) is 38.8 Å². The Morgan fingerprint density at radius 1 is 1.39 bits per heavy atom. The van der Waals surface area contributed by atoms with Gasteiger partial charge in [0, 0.05) is 38.2 Å². The fourth-order valence-corrected chi connectivity index (χ4v) is 2.15. The maximum atomic E-state index is 12.1. The molecule has 1 saturated heterocycles. The van der Waals surface area contributed by atoms with Crippen LogP contribution >= 0.6 is 0 Å². The molecule has 1 aromatic rings. The zero-order valence-corrected chi connectivity index (χ0v) is 10.8. The predicted octanol–water partition coefficient (Wildman–Crippen LogP) is 0.967. The first-order chi connectivity index (χ1) is 8.77. The molecule has 5 nitrogen and oxygen atoms in total. The Hall–Kier alpha value is -1.49. The van der Waals surface area contributed by atoms with Crippen LogP contribution in [0, 0.1) is 0 Å². The molecule has 1 N–H and O–H groups in total. The van der Waals surface area contributed by atoms with Crippen LogP contribution < -0.4 is 5.32 Å². The maximum absolute atomic E-state index is 12.1. The third-order valence-electron chi connectivity index (χ3n) is 3.24. The monoisotopic (exact) mass is 248 g/mol. The van der Waals surface area contributed by atoms with Crippen molar-refractivity contribution in [3.63, 3.8) is 0 Å². The molecule has 1 fully saturated rings. The van der Waals surface area contributed by atoms with Gasteiger partial charge < -0.3 is 10.2 Å². The molecule has 0 bridgehead atoms. The Morgan fingerprint density at radius 2 is 2.17 bits per heavy atom. The molecule has 18 heavy (non-hydrogen) atoms. The van der Waals surface area contributed by atoms with Crippen LogP contribution in [0.5, 0.6) is 0 Å². The van der Waals surface area contributed by atoms with Gasteiger partial charge in [0.2, 0.25) is 5.91 Å². The minimum atomic E-state index is -0.162. The van der Waals surface area contributed by atoms with Gasteiger partial charge in [-0.15, -0.1) is 0 Å². The van der Waals surface area contributed by atoms with Gasteiger partial charge in [0.1, 0.15) is 0 Å². The zero-order valence-electron chi connectivity index (χ0n) is 10.8. The van der Waals surface area contributed by atoms with Crippen LogP contribution in [0.25, 0.3) is 0 Å². The number of aromatic nitrogens is 2. The Bertz CT molecular complexity index is 376. The molecule has 1 amide bonds. The normalized spacial score (nSPS) is 17.5. The highest BCUT2D eigenvalue weighted by Crippen LogP contribution is 2.10. The summed E-state index contributed by atoms with van der Waals surface area (Å²) in [6, 6.07) is -0.162. The van der Waals surface area contributed by atoms with Gasteiger partial charge in [-0.25, -0.2) is 0 Å². The van der Waals surface area contributed by atoms with Gasteiger partial charge in [0.05, 0.1) is 11.7 Å². The van der Waals surface area contributed by atoms with Crippen molar-refractivity contribution in [1.82, 2.24) is 20.2 Å². The van der Waals surface area contributed by atoms with E-state index in [-0.39, 0.29) is 11.9 Å². The number of nitrogens with one attached hydrogen (secondary N) is 1. The van der Waals surface area contributed by atoms with Crippen LogP contribution in [0.15, 0.2) is 18.6 Å². The summed E-state index contributed by atoms with van der Waals surface area (Å²) in [5, 5.41) is 3.20. The van der Waals surface area contributed by atoms with E-state index in [2.05, 4.69) is 15.3 Å². The number of carbonyl (C=O) groups is 1. The minimum absolute atomic E-state index is 0.162. The van der Waals surface area contributed by atoms with Gasteiger partial charge in [-0.1, -0.05) is 0 Å². The molecular formula is C13H20N4O. The van der Waals surface area contributed by atoms with Gasteiger partial charge in [-0.05, 0) is 26.2 Å². The van der Waals surface area contributed by atoms with Crippen LogP contribution in [0.3, 0.4) is 0 Å². The minimum Gasteiger partial charge on any atom is -0.341 e. The van der Waals surface area contributed by atoms with E-state index in [4.69, 9.17) is 0 Å². The van der Waals surface area contributed by atoms with Gasteiger partial charge in [-0.2, -0.15) is 0 Å². The summed E-state index contributed by atoms with van der Waals surface area (Å²) in [5.74, 6) is 0.193. The van der Waals surface area contributed by atoms with E-state index in [1.54, 1.807) is 18.6 Å². The van der Waals surface area contributed by atoms with Crippen molar-refractivity contribution in [2.24, 2.45) is 0 Å². The second kappa shape index (κ2) is 6.44. The van der Waals surface area contributed by atoms with E-state index in [9.17, 15) is 4.79 Å². The Labute approximate surface area is 108 Å². The maximum Gasteiger partial charge on any atom is 0.239 e. The third kappa shape index (κ3) is 3.50. The molecule has 1 aliphatic rings. The highest BCUT2D eigenvalue weighted by Gasteiger charge is 2.21. The van der Waals surface area contributed by atoms with E-state index < -0.39 is 0 Å². The molecule has 0 saturated carbocycles. The topological polar surface area (TPSA) is 58.1 Å². The second-order valence-corrected chi connectivity index (χ2v) is 4.69. The van der Waals surface area contributed by atoms with Crippen molar-refractivity contribution in [1.29, 1.82) is 0 Å². The first kappa shape index (κ1) is 13.0. The zero-order chi connectivity index (χ0) is 12.8. The predicted molar refractivity (Wildman–Crippen MR) is 68.8 cm³/mol. The number of rotatable bonds is 4. The van der Waals surface area contributed by atoms with E-state index in [1.807, 2.05) is 11.8 Å². The lowest BCUT2D eigenvalue weighted by atomic mass is 10.1. The molecule has 1 aliphatic heterocycles. The van der Waals surface area contributed by atoms with Crippen molar-refractivity contribution in [2.75, 3.05) is 13.1 Å². The fourth-order valence-electron chi connectivity index (χ4n) is 2.15.